The number of hydrogen-bond donors (Lipinski definition) is 2. The van der Waals surface area contributed by atoms with Crippen molar-refractivity contribution in [3.8, 4) is 0 Å². The Bertz CT molecular complexity index is 582. The first-order chi connectivity index (χ1) is 10.4. The summed E-state index contributed by atoms with van der Waals surface area (Å²) in [4.78, 5) is 13.8. The number of nitrogens with zero attached hydrogens (tertiary/aromatic N) is 1. The number of piperidine rings is 1. The molecule has 132 valence electrons. The van der Waals surface area contributed by atoms with E-state index in [4.69, 9.17) is 5.73 Å². The molecule has 1 fully saturated rings. The monoisotopic (exact) mass is 381 g/mol. The SMILES string of the molecule is CC(N)CCC(=O)N1CCC(NS(=O)(=O)c2cccs2)CC1.Cl. The lowest BCUT2D eigenvalue weighted by Crippen LogP contribution is -2.46. The molecule has 2 heterocycles. The Morgan fingerprint density at radius 1 is 1.48 bits per heavy atom. The molecule has 1 atom stereocenters. The van der Waals surface area contributed by atoms with Crippen molar-refractivity contribution in [3.05, 3.63) is 17.5 Å². The third-order valence-electron chi connectivity index (χ3n) is 3.74. The van der Waals surface area contributed by atoms with Crippen LogP contribution in [-0.4, -0.2) is 44.4 Å². The van der Waals surface area contributed by atoms with E-state index in [-0.39, 0.29) is 30.4 Å². The molecule has 1 amide bonds. The van der Waals surface area contributed by atoms with E-state index < -0.39 is 10.0 Å². The van der Waals surface area contributed by atoms with Crippen molar-refractivity contribution in [2.75, 3.05) is 13.1 Å². The topological polar surface area (TPSA) is 92.5 Å². The Balaban J connectivity index is 0.00000264. The number of nitrogens with one attached hydrogen (secondary N) is 1. The van der Waals surface area contributed by atoms with Gasteiger partial charge in [0.05, 0.1) is 0 Å². The van der Waals surface area contributed by atoms with Gasteiger partial charge in [-0.2, -0.15) is 0 Å². The van der Waals surface area contributed by atoms with Gasteiger partial charge in [0, 0.05) is 31.6 Å². The maximum atomic E-state index is 12.2. The number of carbonyl (C=O) groups excluding carboxylic acids is 1. The standard InChI is InChI=1S/C14H23N3O3S2.ClH/c1-11(15)4-5-13(18)17-8-6-12(7-9-17)16-22(19,20)14-3-2-10-21-14;/h2-3,10-12,16H,4-9,15H2,1H3;1H. The van der Waals surface area contributed by atoms with Crippen molar-refractivity contribution >= 4 is 39.7 Å². The number of thiophene rings is 1. The number of nitrogens with two attached hydrogens (primary N) is 1. The second-order valence-electron chi connectivity index (χ2n) is 5.72. The summed E-state index contributed by atoms with van der Waals surface area (Å²) in [7, 11) is -3.43. The molecule has 1 aliphatic heterocycles. The molecule has 6 nitrogen and oxygen atoms in total. The largest absolute Gasteiger partial charge is 0.343 e. The highest BCUT2D eigenvalue weighted by atomic mass is 35.5. The Hall–Kier alpha value is -0.670. The molecule has 9 heteroatoms. The Morgan fingerprint density at radius 3 is 2.65 bits per heavy atom. The lowest BCUT2D eigenvalue weighted by Gasteiger charge is -2.32. The van der Waals surface area contributed by atoms with Crippen LogP contribution in [0.5, 0.6) is 0 Å². The van der Waals surface area contributed by atoms with Crippen LogP contribution in [0.3, 0.4) is 0 Å². The fraction of sp³-hybridized carbons (Fsp3) is 0.643. The molecular formula is C14H24ClN3O3S2. The minimum Gasteiger partial charge on any atom is -0.343 e. The second-order valence-corrected chi connectivity index (χ2v) is 8.61. The average molecular weight is 382 g/mol. The van der Waals surface area contributed by atoms with Gasteiger partial charge in [0.15, 0.2) is 0 Å². The lowest BCUT2D eigenvalue weighted by atomic mass is 10.1. The van der Waals surface area contributed by atoms with Gasteiger partial charge in [-0.1, -0.05) is 6.07 Å². The minimum absolute atomic E-state index is 0. The van der Waals surface area contributed by atoms with Crippen LogP contribution in [0.15, 0.2) is 21.7 Å². The van der Waals surface area contributed by atoms with Gasteiger partial charge in [0.2, 0.25) is 15.9 Å². The van der Waals surface area contributed by atoms with Crippen LogP contribution in [0.25, 0.3) is 0 Å². The minimum atomic E-state index is -3.43. The van der Waals surface area contributed by atoms with Gasteiger partial charge in [-0.3, -0.25) is 4.79 Å². The van der Waals surface area contributed by atoms with Crippen molar-refractivity contribution in [1.82, 2.24) is 9.62 Å². The molecule has 2 rings (SSSR count). The fourth-order valence-corrected chi connectivity index (χ4v) is 4.76. The van der Waals surface area contributed by atoms with Crippen LogP contribution in [-0.2, 0) is 14.8 Å². The van der Waals surface area contributed by atoms with E-state index in [2.05, 4.69) is 4.72 Å². The highest BCUT2D eigenvalue weighted by Gasteiger charge is 2.26. The van der Waals surface area contributed by atoms with Crippen LogP contribution in [0.1, 0.15) is 32.6 Å². The molecule has 0 aromatic carbocycles. The zero-order chi connectivity index (χ0) is 16.2. The van der Waals surface area contributed by atoms with E-state index in [1.165, 1.54) is 11.3 Å². The zero-order valence-electron chi connectivity index (χ0n) is 13.1. The van der Waals surface area contributed by atoms with E-state index in [1.54, 1.807) is 22.4 Å². The van der Waals surface area contributed by atoms with Gasteiger partial charge < -0.3 is 10.6 Å². The van der Waals surface area contributed by atoms with Gasteiger partial charge in [-0.05, 0) is 37.6 Å². The number of carbonyl (C=O) groups is 1. The fourth-order valence-electron chi connectivity index (χ4n) is 2.45. The molecule has 0 saturated carbocycles. The normalized spacial score (nSPS) is 17.6. The van der Waals surface area contributed by atoms with Crippen molar-refractivity contribution in [2.45, 2.75) is 48.9 Å². The van der Waals surface area contributed by atoms with Crippen molar-refractivity contribution < 1.29 is 13.2 Å². The number of hydrogen-bond acceptors (Lipinski definition) is 5. The molecule has 1 aromatic heterocycles. The third kappa shape index (κ3) is 6.04. The molecule has 0 aliphatic carbocycles. The zero-order valence-corrected chi connectivity index (χ0v) is 15.6. The van der Waals surface area contributed by atoms with E-state index >= 15 is 0 Å². The van der Waals surface area contributed by atoms with Crippen LogP contribution in [0.2, 0.25) is 0 Å². The van der Waals surface area contributed by atoms with E-state index in [1.807, 2.05) is 6.92 Å². The number of halogens is 1. The first-order valence-electron chi connectivity index (χ1n) is 7.47. The lowest BCUT2D eigenvalue weighted by molar-refractivity contribution is -0.132. The Kier molecular flexibility index (Phi) is 7.96. The van der Waals surface area contributed by atoms with Gasteiger partial charge in [0.25, 0.3) is 0 Å². The molecule has 0 radical (unpaired) electrons. The molecule has 23 heavy (non-hydrogen) atoms. The summed E-state index contributed by atoms with van der Waals surface area (Å²) in [5, 5.41) is 1.74. The highest BCUT2D eigenvalue weighted by molar-refractivity contribution is 7.91. The summed E-state index contributed by atoms with van der Waals surface area (Å²) >= 11 is 1.21. The highest BCUT2D eigenvalue weighted by Crippen LogP contribution is 2.19. The number of rotatable bonds is 6. The summed E-state index contributed by atoms with van der Waals surface area (Å²) < 4.78 is 27.4. The predicted molar refractivity (Wildman–Crippen MR) is 94.4 cm³/mol. The maximum Gasteiger partial charge on any atom is 0.250 e. The number of likely N-dealkylation sites (tertiary alicyclic amines) is 1. The van der Waals surface area contributed by atoms with Crippen molar-refractivity contribution in [2.24, 2.45) is 5.73 Å². The third-order valence-corrected chi connectivity index (χ3v) is 6.66. The Morgan fingerprint density at radius 2 is 2.13 bits per heavy atom. The number of amides is 1. The van der Waals surface area contributed by atoms with Crippen LogP contribution >= 0.6 is 23.7 Å². The summed E-state index contributed by atoms with van der Waals surface area (Å²) in [5.41, 5.74) is 5.66. The van der Waals surface area contributed by atoms with Gasteiger partial charge in [0.1, 0.15) is 4.21 Å². The summed E-state index contributed by atoms with van der Waals surface area (Å²) in [5.74, 6) is 0.108. The molecule has 1 aromatic rings. The van der Waals surface area contributed by atoms with Crippen molar-refractivity contribution in [3.63, 3.8) is 0 Å². The van der Waals surface area contributed by atoms with Crippen LogP contribution in [0.4, 0.5) is 0 Å². The van der Waals surface area contributed by atoms with Crippen molar-refractivity contribution in [1.29, 1.82) is 0 Å². The molecule has 3 N–H and O–H groups in total. The van der Waals surface area contributed by atoms with Gasteiger partial charge in [-0.15, -0.1) is 23.7 Å². The molecule has 0 bridgehead atoms. The van der Waals surface area contributed by atoms with E-state index in [0.717, 1.165) is 0 Å². The van der Waals surface area contributed by atoms with E-state index in [9.17, 15) is 13.2 Å². The first kappa shape index (κ1) is 20.4. The molecular weight excluding hydrogens is 358 g/mol. The van der Waals surface area contributed by atoms with Crippen LogP contribution < -0.4 is 10.5 Å². The molecule has 0 spiro atoms. The maximum absolute atomic E-state index is 12.2. The quantitative estimate of drug-likeness (QED) is 0.782. The number of sulfonamides is 1. The van der Waals surface area contributed by atoms with Crippen LogP contribution in [0, 0.1) is 0 Å². The average Bonchev–Trinajstić information content (AvgIpc) is 3.00. The predicted octanol–water partition coefficient (Wildman–Crippen LogP) is 1.57. The molecule has 1 saturated heterocycles. The molecule has 1 unspecified atom stereocenters. The molecule has 1 aliphatic rings. The van der Waals surface area contributed by atoms with Gasteiger partial charge >= 0.3 is 0 Å². The second kappa shape index (κ2) is 8.98. The smallest absolute Gasteiger partial charge is 0.250 e. The van der Waals surface area contributed by atoms with Gasteiger partial charge in [-0.25, -0.2) is 13.1 Å². The van der Waals surface area contributed by atoms with E-state index in [0.29, 0.717) is 43.0 Å². The summed E-state index contributed by atoms with van der Waals surface area (Å²) in [6, 6.07) is 3.24. The Labute approximate surface area is 147 Å². The summed E-state index contributed by atoms with van der Waals surface area (Å²) in [6.07, 6.45) is 2.44. The summed E-state index contributed by atoms with van der Waals surface area (Å²) in [6.45, 7) is 3.07. The first-order valence-corrected chi connectivity index (χ1v) is 9.84.